The van der Waals surface area contributed by atoms with E-state index >= 15 is 0 Å². The summed E-state index contributed by atoms with van der Waals surface area (Å²) in [7, 11) is 0. The molecule has 18 heavy (non-hydrogen) atoms. The van der Waals surface area contributed by atoms with Gasteiger partial charge in [-0.3, -0.25) is 0 Å². The van der Waals surface area contributed by atoms with E-state index in [-0.39, 0.29) is 0 Å². The summed E-state index contributed by atoms with van der Waals surface area (Å²) < 4.78 is 0. The van der Waals surface area contributed by atoms with Crippen LogP contribution in [0.3, 0.4) is 0 Å². The van der Waals surface area contributed by atoms with Gasteiger partial charge in [-0.15, -0.1) is 11.8 Å². The fourth-order valence-electron chi connectivity index (χ4n) is 2.51. The van der Waals surface area contributed by atoms with Gasteiger partial charge in [0, 0.05) is 18.0 Å². The molecule has 0 saturated heterocycles. The quantitative estimate of drug-likeness (QED) is 0.874. The van der Waals surface area contributed by atoms with Crippen molar-refractivity contribution >= 4 is 11.8 Å². The molecule has 0 spiro atoms. The van der Waals surface area contributed by atoms with Gasteiger partial charge in [0.25, 0.3) is 0 Å². The van der Waals surface area contributed by atoms with Crippen LogP contribution in [0.5, 0.6) is 0 Å². The van der Waals surface area contributed by atoms with Crippen molar-refractivity contribution in [1.82, 2.24) is 10.3 Å². The van der Waals surface area contributed by atoms with Crippen LogP contribution < -0.4 is 5.32 Å². The second kappa shape index (κ2) is 7.15. The Morgan fingerprint density at radius 2 is 2.28 bits per heavy atom. The van der Waals surface area contributed by atoms with Crippen LogP contribution in [0.4, 0.5) is 0 Å². The molecule has 2 rings (SSSR count). The summed E-state index contributed by atoms with van der Waals surface area (Å²) in [6.45, 7) is 6.44. The number of hydrogen-bond acceptors (Lipinski definition) is 3. The second-order valence-corrected chi connectivity index (χ2v) is 6.62. The van der Waals surface area contributed by atoms with Crippen LogP contribution in [0.15, 0.2) is 23.4 Å². The first kappa shape index (κ1) is 13.9. The maximum absolute atomic E-state index is 4.57. The van der Waals surface area contributed by atoms with E-state index in [1.807, 2.05) is 18.0 Å². The average molecular weight is 264 g/mol. The van der Waals surface area contributed by atoms with E-state index in [2.05, 4.69) is 36.3 Å². The number of nitrogens with one attached hydrogen (secondary N) is 1. The molecule has 1 aromatic rings. The van der Waals surface area contributed by atoms with Crippen molar-refractivity contribution in [2.45, 2.75) is 56.4 Å². The molecule has 0 amide bonds. The van der Waals surface area contributed by atoms with Crippen molar-refractivity contribution in [1.29, 1.82) is 0 Å². The minimum absolute atomic E-state index is 0.779. The molecule has 100 valence electrons. The van der Waals surface area contributed by atoms with Gasteiger partial charge >= 0.3 is 0 Å². The van der Waals surface area contributed by atoms with Crippen LogP contribution in [0, 0.1) is 5.92 Å². The van der Waals surface area contributed by atoms with E-state index in [1.165, 1.54) is 36.3 Å². The Kier molecular flexibility index (Phi) is 5.51. The van der Waals surface area contributed by atoms with Gasteiger partial charge in [-0.25, -0.2) is 4.98 Å². The van der Waals surface area contributed by atoms with E-state index in [4.69, 9.17) is 0 Å². The fraction of sp³-hybridized carbons (Fsp3) is 0.667. The van der Waals surface area contributed by atoms with Gasteiger partial charge in [-0.2, -0.15) is 0 Å². The molecule has 3 heteroatoms. The summed E-state index contributed by atoms with van der Waals surface area (Å²) in [6, 6.07) is 4.38. The molecule has 2 nitrogen and oxygen atoms in total. The molecule has 0 aromatic carbocycles. The molecule has 1 aliphatic carbocycles. The predicted molar refractivity (Wildman–Crippen MR) is 78.9 cm³/mol. The maximum Gasteiger partial charge on any atom is 0.0962 e. The van der Waals surface area contributed by atoms with Crippen LogP contribution in [-0.4, -0.2) is 16.8 Å². The topological polar surface area (TPSA) is 24.9 Å². The molecular formula is C15H24N2S. The van der Waals surface area contributed by atoms with Crippen molar-refractivity contribution < 1.29 is 0 Å². The van der Waals surface area contributed by atoms with Crippen molar-refractivity contribution in [2.24, 2.45) is 5.92 Å². The largest absolute Gasteiger partial charge is 0.313 e. The van der Waals surface area contributed by atoms with Crippen LogP contribution in [-0.2, 0) is 6.54 Å². The molecule has 0 bridgehead atoms. The van der Waals surface area contributed by atoms with Gasteiger partial charge in [-0.1, -0.05) is 32.8 Å². The summed E-state index contributed by atoms with van der Waals surface area (Å²) >= 11 is 1.97. The lowest BCUT2D eigenvalue weighted by atomic mass is 9.91. The summed E-state index contributed by atoms with van der Waals surface area (Å²) in [5.41, 5.74) is 1.28. The Hall–Kier alpha value is -0.540. The summed E-state index contributed by atoms with van der Waals surface area (Å²) in [6.07, 6.45) is 7.52. The molecule has 2 unspecified atom stereocenters. The Labute approximate surface area is 115 Å². The highest BCUT2D eigenvalue weighted by atomic mass is 32.2. The standard InChI is InChI=1S/C15H24N2S/c1-3-16-10-13-7-8-15(17-11-13)18-14-6-4-5-12(2)9-14/h7-8,11-12,14,16H,3-6,9-10H2,1-2H3. The Morgan fingerprint density at radius 1 is 1.39 bits per heavy atom. The van der Waals surface area contributed by atoms with Crippen molar-refractivity contribution in [3.05, 3.63) is 23.9 Å². The third kappa shape index (κ3) is 4.29. The Morgan fingerprint density at radius 3 is 2.94 bits per heavy atom. The van der Waals surface area contributed by atoms with Gasteiger partial charge in [0.05, 0.1) is 5.03 Å². The highest BCUT2D eigenvalue weighted by Crippen LogP contribution is 2.35. The zero-order valence-corrected chi connectivity index (χ0v) is 12.3. The molecule has 1 aromatic heterocycles. The van der Waals surface area contributed by atoms with Gasteiger partial charge < -0.3 is 5.32 Å². The van der Waals surface area contributed by atoms with E-state index < -0.39 is 0 Å². The fourth-order valence-corrected chi connectivity index (χ4v) is 3.82. The molecule has 1 saturated carbocycles. The first-order valence-corrected chi connectivity index (χ1v) is 7.98. The van der Waals surface area contributed by atoms with Gasteiger partial charge in [0.2, 0.25) is 0 Å². The number of nitrogens with zero attached hydrogens (tertiary/aromatic N) is 1. The van der Waals surface area contributed by atoms with Crippen LogP contribution in [0.25, 0.3) is 0 Å². The minimum atomic E-state index is 0.779. The van der Waals surface area contributed by atoms with Crippen LogP contribution in [0.1, 0.15) is 45.1 Å². The van der Waals surface area contributed by atoms with Gasteiger partial charge in [0.15, 0.2) is 0 Å². The zero-order chi connectivity index (χ0) is 12.8. The molecular weight excluding hydrogens is 240 g/mol. The van der Waals surface area contributed by atoms with Crippen molar-refractivity contribution in [3.8, 4) is 0 Å². The number of pyridine rings is 1. The van der Waals surface area contributed by atoms with Gasteiger partial charge in [0.1, 0.15) is 0 Å². The third-order valence-corrected chi connectivity index (χ3v) is 4.80. The monoisotopic (exact) mass is 264 g/mol. The highest BCUT2D eigenvalue weighted by Gasteiger charge is 2.19. The van der Waals surface area contributed by atoms with Crippen LogP contribution >= 0.6 is 11.8 Å². The van der Waals surface area contributed by atoms with Crippen LogP contribution in [0.2, 0.25) is 0 Å². The first-order valence-electron chi connectivity index (χ1n) is 7.10. The number of thioether (sulfide) groups is 1. The highest BCUT2D eigenvalue weighted by molar-refractivity contribution is 7.99. The molecule has 0 aliphatic heterocycles. The third-order valence-electron chi connectivity index (χ3n) is 3.55. The lowest BCUT2D eigenvalue weighted by molar-refractivity contribution is 0.394. The van der Waals surface area contributed by atoms with Crippen molar-refractivity contribution in [3.63, 3.8) is 0 Å². The number of rotatable bonds is 5. The lowest BCUT2D eigenvalue weighted by Gasteiger charge is -2.25. The number of aromatic nitrogens is 1. The van der Waals surface area contributed by atoms with E-state index in [0.717, 1.165) is 24.3 Å². The normalized spacial score (nSPS) is 24.1. The maximum atomic E-state index is 4.57. The molecule has 1 fully saturated rings. The summed E-state index contributed by atoms with van der Waals surface area (Å²) in [5, 5.41) is 5.29. The average Bonchev–Trinajstić information content (AvgIpc) is 2.38. The van der Waals surface area contributed by atoms with Gasteiger partial charge in [-0.05, 0) is 36.9 Å². The zero-order valence-electron chi connectivity index (χ0n) is 11.5. The Balaban J connectivity index is 1.85. The molecule has 1 aliphatic rings. The summed E-state index contributed by atoms with van der Waals surface area (Å²) in [5.74, 6) is 0.893. The molecule has 1 heterocycles. The smallest absolute Gasteiger partial charge is 0.0962 e. The second-order valence-electron chi connectivity index (χ2n) is 5.30. The first-order chi connectivity index (χ1) is 8.78. The summed E-state index contributed by atoms with van der Waals surface area (Å²) in [4.78, 5) is 4.57. The molecule has 0 radical (unpaired) electrons. The van der Waals surface area contributed by atoms with E-state index in [9.17, 15) is 0 Å². The number of hydrogen-bond donors (Lipinski definition) is 1. The minimum Gasteiger partial charge on any atom is -0.313 e. The van der Waals surface area contributed by atoms with E-state index in [1.54, 1.807) is 0 Å². The molecule has 2 atom stereocenters. The molecule has 1 N–H and O–H groups in total. The SMILES string of the molecule is CCNCc1ccc(SC2CCCC(C)C2)nc1. The Bertz CT molecular complexity index is 350. The predicted octanol–water partition coefficient (Wildman–Crippen LogP) is 3.86. The lowest BCUT2D eigenvalue weighted by Crippen LogP contribution is -2.15. The van der Waals surface area contributed by atoms with E-state index in [0.29, 0.717) is 0 Å². The van der Waals surface area contributed by atoms with Crippen molar-refractivity contribution in [2.75, 3.05) is 6.54 Å².